The highest BCUT2D eigenvalue weighted by atomic mass is 16.5. The third-order valence-electron chi connectivity index (χ3n) is 8.48. The monoisotopic (exact) mass is 606 g/mol. The third kappa shape index (κ3) is 5.35. The zero-order valence-corrected chi connectivity index (χ0v) is 25.6. The molecule has 45 heavy (non-hydrogen) atoms. The number of pyridine rings is 1. The van der Waals surface area contributed by atoms with E-state index >= 15 is 0 Å². The fraction of sp³-hybridized carbons (Fsp3) is 0.312. The van der Waals surface area contributed by atoms with Crippen molar-refractivity contribution in [3.05, 3.63) is 78.5 Å². The van der Waals surface area contributed by atoms with E-state index in [-0.39, 0.29) is 18.5 Å². The van der Waals surface area contributed by atoms with Gasteiger partial charge < -0.3 is 28.5 Å². The van der Waals surface area contributed by atoms with E-state index in [0.717, 1.165) is 44.8 Å². The Morgan fingerprint density at radius 2 is 1.91 bits per heavy atom. The zero-order chi connectivity index (χ0) is 31.1. The molecule has 1 aliphatic rings. The van der Waals surface area contributed by atoms with Gasteiger partial charge in [0.1, 0.15) is 42.1 Å². The summed E-state index contributed by atoms with van der Waals surface area (Å²) in [5.74, 6) is 3.50. The number of methoxy groups -OCH3 is 2. The number of benzene rings is 2. The number of piperazine rings is 1. The first-order valence-electron chi connectivity index (χ1n) is 14.8. The van der Waals surface area contributed by atoms with Gasteiger partial charge in [0, 0.05) is 38.1 Å². The number of ether oxygens (including phenoxy) is 2. The van der Waals surface area contributed by atoms with Gasteiger partial charge in [0.05, 0.1) is 54.8 Å². The van der Waals surface area contributed by atoms with Gasteiger partial charge in [-0.3, -0.25) is 9.69 Å². The molecule has 13 nitrogen and oxygen atoms in total. The lowest BCUT2D eigenvalue weighted by Gasteiger charge is -2.40. The Labute approximate surface area is 259 Å². The van der Waals surface area contributed by atoms with E-state index in [1.165, 1.54) is 0 Å². The van der Waals surface area contributed by atoms with Crippen LogP contribution in [-0.4, -0.2) is 88.8 Å². The maximum Gasteiger partial charge on any atom is 0.243 e. The number of aryl methyl sites for hydroxylation is 2. The maximum atomic E-state index is 14.1. The van der Waals surface area contributed by atoms with Crippen LogP contribution in [0.15, 0.2) is 61.1 Å². The molecule has 4 aromatic heterocycles. The number of amides is 1. The molecule has 6 aromatic rings. The molecular weight excluding hydrogens is 572 g/mol. The fourth-order valence-electron chi connectivity index (χ4n) is 6.03. The Bertz CT molecular complexity index is 2010. The molecular formula is C32H34N10O3. The van der Waals surface area contributed by atoms with Crippen molar-refractivity contribution < 1.29 is 14.3 Å². The summed E-state index contributed by atoms with van der Waals surface area (Å²) in [6.45, 7) is 4.44. The van der Waals surface area contributed by atoms with Crippen LogP contribution < -0.4 is 9.47 Å². The molecule has 230 valence electrons. The predicted octanol–water partition coefficient (Wildman–Crippen LogP) is 3.51. The fourth-order valence-corrected chi connectivity index (χ4v) is 6.03. The first kappa shape index (κ1) is 28.5. The van der Waals surface area contributed by atoms with Crippen molar-refractivity contribution >= 4 is 27.8 Å². The number of nitrogens with one attached hydrogen (secondary N) is 1. The molecule has 1 saturated heterocycles. The van der Waals surface area contributed by atoms with Crippen LogP contribution in [0.25, 0.3) is 33.2 Å². The van der Waals surface area contributed by atoms with Crippen molar-refractivity contribution in [3.8, 4) is 22.9 Å². The molecule has 7 rings (SSSR count). The van der Waals surface area contributed by atoms with E-state index in [9.17, 15) is 4.79 Å². The van der Waals surface area contributed by atoms with Crippen LogP contribution in [0.1, 0.15) is 23.5 Å². The van der Waals surface area contributed by atoms with Crippen molar-refractivity contribution in [2.24, 2.45) is 7.05 Å². The molecule has 0 aliphatic carbocycles. The van der Waals surface area contributed by atoms with Gasteiger partial charge >= 0.3 is 0 Å². The second-order valence-electron chi connectivity index (χ2n) is 11.2. The van der Waals surface area contributed by atoms with Crippen LogP contribution in [-0.2, 0) is 24.9 Å². The zero-order valence-electron chi connectivity index (χ0n) is 25.6. The molecule has 1 amide bonds. The maximum absolute atomic E-state index is 14.1. The molecule has 2 aromatic carbocycles. The van der Waals surface area contributed by atoms with Gasteiger partial charge in [0.15, 0.2) is 0 Å². The van der Waals surface area contributed by atoms with Gasteiger partial charge in [-0.25, -0.2) is 15.0 Å². The highest BCUT2D eigenvalue weighted by Gasteiger charge is 2.34. The van der Waals surface area contributed by atoms with Crippen LogP contribution in [0.3, 0.4) is 0 Å². The molecule has 0 unspecified atom stereocenters. The van der Waals surface area contributed by atoms with Gasteiger partial charge in [-0.2, -0.15) is 0 Å². The average Bonchev–Trinajstić information content (AvgIpc) is 3.79. The highest BCUT2D eigenvalue weighted by Crippen LogP contribution is 2.33. The van der Waals surface area contributed by atoms with Crippen LogP contribution in [0, 0.1) is 6.92 Å². The largest absolute Gasteiger partial charge is 0.497 e. The summed E-state index contributed by atoms with van der Waals surface area (Å²) >= 11 is 0. The summed E-state index contributed by atoms with van der Waals surface area (Å²) in [6, 6.07) is 15.3. The lowest BCUT2D eigenvalue weighted by molar-refractivity contribution is -0.137. The number of aromatic amines is 1. The Morgan fingerprint density at radius 1 is 1.04 bits per heavy atom. The average molecular weight is 607 g/mol. The lowest BCUT2D eigenvalue weighted by Crippen LogP contribution is -2.51. The number of hydrogen-bond acceptors (Lipinski definition) is 9. The van der Waals surface area contributed by atoms with Crippen LogP contribution in [0.2, 0.25) is 0 Å². The molecule has 1 aliphatic heterocycles. The molecule has 0 bridgehead atoms. The topological polar surface area (TPSA) is 132 Å². The Morgan fingerprint density at radius 3 is 2.71 bits per heavy atom. The number of H-pyrrole nitrogens is 1. The van der Waals surface area contributed by atoms with Crippen LogP contribution in [0.4, 0.5) is 0 Å². The number of carbonyl (C=O) groups is 1. The molecule has 13 heteroatoms. The van der Waals surface area contributed by atoms with E-state index in [4.69, 9.17) is 19.4 Å². The van der Waals surface area contributed by atoms with E-state index in [1.807, 2.05) is 76.5 Å². The number of hydrogen-bond donors (Lipinski definition) is 1. The predicted molar refractivity (Wildman–Crippen MR) is 168 cm³/mol. The van der Waals surface area contributed by atoms with Crippen molar-refractivity contribution in [1.29, 1.82) is 0 Å². The first-order valence-corrected chi connectivity index (χ1v) is 14.8. The standard InChI is InChI=1S/C32H34N10O3/c1-20-35-25-10-9-22(44-3)14-27(25)42(20)18-30(43)41-12-11-40(17-29-38-34-19-39(29)2)16-28(41)31-33-15-26(36-31)23-13-21-7-5-6-8-24(21)37-32(23)45-4/h5-10,13-15,19,28H,11-12,16-18H2,1-4H3,(H,33,36)/t28-/m0/s1. The summed E-state index contributed by atoms with van der Waals surface area (Å²) in [5, 5.41) is 9.31. The number of para-hydroxylation sites is 1. The van der Waals surface area contributed by atoms with Gasteiger partial charge in [-0.15, -0.1) is 10.2 Å². The van der Waals surface area contributed by atoms with Gasteiger partial charge in [0.25, 0.3) is 0 Å². The van der Waals surface area contributed by atoms with E-state index in [0.29, 0.717) is 43.6 Å². The summed E-state index contributed by atoms with van der Waals surface area (Å²) in [6.07, 6.45) is 3.48. The van der Waals surface area contributed by atoms with Crippen molar-refractivity contribution in [3.63, 3.8) is 0 Å². The quantitative estimate of drug-likeness (QED) is 0.276. The first-order chi connectivity index (χ1) is 21.9. The SMILES string of the molecule is COc1ccc2nc(C)n(CC(=O)N3CCN(Cc4nncn4C)C[C@H]3c3ncc(-c4cc5ccccc5nc4OC)[nH]3)c2c1. The molecule has 0 spiro atoms. The molecule has 1 atom stereocenters. The summed E-state index contributed by atoms with van der Waals surface area (Å²) in [7, 11) is 5.18. The van der Waals surface area contributed by atoms with E-state index in [2.05, 4.69) is 25.1 Å². The van der Waals surface area contributed by atoms with Crippen molar-refractivity contribution in [1.82, 2.24) is 49.1 Å². The summed E-state index contributed by atoms with van der Waals surface area (Å²) in [5.41, 5.74) is 4.09. The number of rotatable bonds is 8. The lowest BCUT2D eigenvalue weighted by atomic mass is 10.1. The third-order valence-corrected chi connectivity index (χ3v) is 8.48. The van der Waals surface area contributed by atoms with Crippen molar-refractivity contribution in [2.75, 3.05) is 33.9 Å². The summed E-state index contributed by atoms with van der Waals surface area (Å²) in [4.78, 5) is 36.0. The second-order valence-corrected chi connectivity index (χ2v) is 11.2. The molecule has 1 fully saturated rings. The number of carbonyl (C=O) groups excluding carboxylic acids is 1. The molecule has 1 N–H and O–H groups in total. The van der Waals surface area contributed by atoms with Gasteiger partial charge in [-0.1, -0.05) is 18.2 Å². The molecule has 0 radical (unpaired) electrons. The van der Waals surface area contributed by atoms with Crippen LogP contribution in [0.5, 0.6) is 11.6 Å². The Hall–Kier alpha value is -5.30. The minimum absolute atomic E-state index is 0.0218. The minimum atomic E-state index is -0.336. The van der Waals surface area contributed by atoms with E-state index < -0.39 is 0 Å². The molecule has 0 saturated carbocycles. The number of fused-ring (bicyclic) bond motifs is 2. The van der Waals surface area contributed by atoms with Crippen molar-refractivity contribution in [2.45, 2.75) is 26.1 Å². The normalized spacial score (nSPS) is 15.6. The minimum Gasteiger partial charge on any atom is -0.497 e. The smallest absolute Gasteiger partial charge is 0.243 e. The number of nitrogens with zero attached hydrogens (tertiary/aromatic N) is 9. The van der Waals surface area contributed by atoms with E-state index in [1.54, 1.807) is 26.7 Å². The van der Waals surface area contributed by atoms with Crippen LogP contribution >= 0.6 is 0 Å². The van der Waals surface area contributed by atoms with Gasteiger partial charge in [-0.05, 0) is 31.2 Å². The second kappa shape index (κ2) is 11.7. The number of imidazole rings is 2. The Balaban J connectivity index is 1.22. The number of aromatic nitrogens is 8. The highest BCUT2D eigenvalue weighted by molar-refractivity contribution is 5.85. The summed E-state index contributed by atoms with van der Waals surface area (Å²) < 4.78 is 15.0. The Kier molecular flexibility index (Phi) is 7.37. The van der Waals surface area contributed by atoms with Gasteiger partial charge in [0.2, 0.25) is 11.8 Å². The molecule has 5 heterocycles.